The molecule has 2 aromatic rings. The predicted molar refractivity (Wildman–Crippen MR) is 80.7 cm³/mol. The van der Waals surface area contributed by atoms with E-state index in [4.69, 9.17) is 4.74 Å². The average molecular weight is 301 g/mol. The summed E-state index contributed by atoms with van der Waals surface area (Å²) in [7, 11) is 0. The normalized spacial score (nSPS) is 18.1. The van der Waals surface area contributed by atoms with Crippen LogP contribution in [0.1, 0.15) is 25.6 Å². The fourth-order valence-corrected chi connectivity index (χ4v) is 2.56. The van der Waals surface area contributed by atoms with E-state index in [1.54, 1.807) is 4.68 Å². The lowest BCUT2D eigenvalue weighted by atomic mass is 10.0. The van der Waals surface area contributed by atoms with Gasteiger partial charge in [0.15, 0.2) is 5.82 Å². The molecular formula is C15H19N5O2. The van der Waals surface area contributed by atoms with Crippen molar-refractivity contribution in [1.29, 1.82) is 0 Å². The highest BCUT2D eigenvalue weighted by Gasteiger charge is 2.23. The number of nitrogens with zero attached hydrogens (tertiary/aromatic N) is 4. The van der Waals surface area contributed by atoms with Gasteiger partial charge >= 0.3 is 0 Å². The number of carbonyl (C=O) groups is 1. The van der Waals surface area contributed by atoms with Crippen LogP contribution >= 0.6 is 0 Å². The average Bonchev–Trinajstić information content (AvgIpc) is 3.04. The molecule has 7 heteroatoms. The lowest BCUT2D eigenvalue weighted by molar-refractivity contribution is -0.123. The van der Waals surface area contributed by atoms with Crippen molar-refractivity contribution in [2.75, 3.05) is 18.5 Å². The zero-order chi connectivity index (χ0) is 15.4. The van der Waals surface area contributed by atoms with Crippen LogP contribution in [0.15, 0.2) is 24.3 Å². The number of hydrogen-bond acceptors (Lipinski definition) is 5. The van der Waals surface area contributed by atoms with Crippen molar-refractivity contribution in [1.82, 2.24) is 20.2 Å². The first-order chi connectivity index (χ1) is 10.8. The van der Waals surface area contributed by atoms with Crippen molar-refractivity contribution in [3.05, 3.63) is 30.1 Å². The number of carbonyl (C=O) groups excluding carboxylic acids is 1. The number of para-hydroxylation sites is 2. The summed E-state index contributed by atoms with van der Waals surface area (Å²) in [6, 6.07) is 7.53. The summed E-state index contributed by atoms with van der Waals surface area (Å²) in [5.74, 6) is 0.641. The van der Waals surface area contributed by atoms with Gasteiger partial charge in [-0.2, -0.15) is 4.68 Å². The molecule has 3 rings (SSSR count). The van der Waals surface area contributed by atoms with Crippen LogP contribution in [-0.2, 0) is 16.0 Å². The summed E-state index contributed by atoms with van der Waals surface area (Å²) in [6.45, 7) is 3.21. The van der Waals surface area contributed by atoms with E-state index >= 15 is 0 Å². The molecule has 1 fully saturated rings. The van der Waals surface area contributed by atoms with Gasteiger partial charge < -0.3 is 10.1 Å². The Hall–Kier alpha value is -2.28. The molecule has 116 valence electrons. The van der Waals surface area contributed by atoms with Gasteiger partial charge in [0.2, 0.25) is 5.91 Å². The number of benzene rings is 1. The quantitative estimate of drug-likeness (QED) is 0.927. The molecule has 1 N–H and O–H groups in total. The second kappa shape index (κ2) is 6.65. The molecule has 0 saturated carbocycles. The van der Waals surface area contributed by atoms with E-state index in [1.807, 2.05) is 31.2 Å². The number of ether oxygens (including phenoxy) is 1. The number of tetrazole rings is 1. The Balaban J connectivity index is 1.84. The minimum absolute atomic E-state index is 0.0155. The smallest absolute Gasteiger partial charge is 0.229 e. The molecule has 2 heterocycles. The van der Waals surface area contributed by atoms with Crippen molar-refractivity contribution >= 4 is 11.6 Å². The molecule has 1 amide bonds. The lowest BCUT2D eigenvalue weighted by Crippen LogP contribution is -2.30. The van der Waals surface area contributed by atoms with Gasteiger partial charge in [0.25, 0.3) is 0 Å². The summed E-state index contributed by atoms with van der Waals surface area (Å²) in [5, 5.41) is 14.7. The maximum absolute atomic E-state index is 12.4. The molecule has 1 saturated heterocycles. The molecular weight excluding hydrogens is 282 g/mol. The van der Waals surface area contributed by atoms with E-state index < -0.39 is 0 Å². The van der Waals surface area contributed by atoms with Crippen LogP contribution in [0, 0.1) is 5.92 Å². The molecule has 1 aromatic heterocycles. The van der Waals surface area contributed by atoms with Crippen LogP contribution in [-0.4, -0.2) is 39.3 Å². The van der Waals surface area contributed by atoms with Crippen molar-refractivity contribution < 1.29 is 9.53 Å². The van der Waals surface area contributed by atoms with Gasteiger partial charge in [0.1, 0.15) is 0 Å². The van der Waals surface area contributed by atoms with E-state index in [9.17, 15) is 4.79 Å². The molecule has 1 aliphatic heterocycles. The van der Waals surface area contributed by atoms with Gasteiger partial charge in [-0.25, -0.2) is 0 Å². The Labute approximate surface area is 128 Å². The third-order valence-electron chi connectivity index (χ3n) is 3.77. The monoisotopic (exact) mass is 301 g/mol. The maximum Gasteiger partial charge on any atom is 0.229 e. The lowest BCUT2D eigenvalue weighted by Gasteiger charge is -2.22. The minimum Gasteiger partial charge on any atom is -0.381 e. The van der Waals surface area contributed by atoms with Gasteiger partial charge in [-0.05, 0) is 35.4 Å². The summed E-state index contributed by atoms with van der Waals surface area (Å²) < 4.78 is 7.04. The van der Waals surface area contributed by atoms with Crippen LogP contribution in [0.5, 0.6) is 0 Å². The molecule has 0 spiro atoms. The summed E-state index contributed by atoms with van der Waals surface area (Å²) >= 11 is 0. The number of nitrogens with one attached hydrogen (secondary N) is 1. The number of aryl methyl sites for hydroxylation is 1. The van der Waals surface area contributed by atoms with E-state index in [0.717, 1.165) is 31.0 Å². The largest absolute Gasteiger partial charge is 0.381 e. The van der Waals surface area contributed by atoms with Crippen molar-refractivity contribution in [3.63, 3.8) is 0 Å². The van der Waals surface area contributed by atoms with Crippen LogP contribution in [0.2, 0.25) is 0 Å². The van der Waals surface area contributed by atoms with Crippen molar-refractivity contribution in [3.8, 4) is 5.69 Å². The van der Waals surface area contributed by atoms with E-state index in [0.29, 0.717) is 18.7 Å². The van der Waals surface area contributed by atoms with Crippen molar-refractivity contribution in [2.24, 2.45) is 5.92 Å². The first kappa shape index (κ1) is 14.6. The Kier molecular flexibility index (Phi) is 4.43. The fourth-order valence-electron chi connectivity index (χ4n) is 2.56. The fraction of sp³-hybridized carbons (Fsp3) is 0.467. The Morgan fingerprint density at radius 2 is 2.32 bits per heavy atom. The van der Waals surface area contributed by atoms with E-state index in [1.165, 1.54) is 0 Å². The van der Waals surface area contributed by atoms with Crippen LogP contribution < -0.4 is 5.32 Å². The number of anilines is 1. The Bertz CT molecular complexity index is 649. The zero-order valence-electron chi connectivity index (χ0n) is 12.5. The predicted octanol–water partition coefficient (Wildman–Crippen LogP) is 1.59. The van der Waals surface area contributed by atoms with Gasteiger partial charge in [-0.1, -0.05) is 19.1 Å². The summed E-state index contributed by atoms with van der Waals surface area (Å²) in [4.78, 5) is 12.4. The summed E-state index contributed by atoms with van der Waals surface area (Å²) in [6.07, 6.45) is 2.50. The topological polar surface area (TPSA) is 81.9 Å². The zero-order valence-corrected chi connectivity index (χ0v) is 12.5. The minimum atomic E-state index is -0.0960. The number of hydrogen-bond donors (Lipinski definition) is 1. The molecule has 0 bridgehead atoms. The maximum atomic E-state index is 12.4. The van der Waals surface area contributed by atoms with Crippen LogP contribution in [0.25, 0.3) is 5.69 Å². The second-order valence-corrected chi connectivity index (χ2v) is 5.28. The van der Waals surface area contributed by atoms with E-state index in [-0.39, 0.29) is 11.8 Å². The highest BCUT2D eigenvalue weighted by atomic mass is 16.5. The molecule has 0 radical (unpaired) electrons. The molecule has 1 unspecified atom stereocenters. The molecule has 1 aromatic carbocycles. The third-order valence-corrected chi connectivity index (χ3v) is 3.77. The molecule has 1 atom stereocenters. The Morgan fingerprint density at radius 1 is 1.45 bits per heavy atom. The highest BCUT2D eigenvalue weighted by Crippen LogP contribution is 2.22. The highest BCUT2D eigenvalue weighted by molar-refractivity contribution is 5.94. The number of rotatable bonds is 4. The standard InChI is InChI=1S/C15H19N5O2/c1-2-14-17-18-19-20(14)13-8-4-3-7-12(13)16-15(21)11-6-5-9-22-10-11/h3-4,7-8,11H,2,5-6,9-10H2,1H3,(H,16,21). The summed E-state index contributed by atoms with van der Waals surface area (Å²) in [5.41, 5.74) is 1.48. The van der Waals surface area contributed by atoms with Crippen LogP contribution in [0.4, 0.5) is 5.69 Å². The first-order valence-electron chi connectivity index (χ1n) is 7.55. The van der Waals surface area contributed by atoms with Gasteiger partial charge in [-0.3, -0.25) is 4.79 Å². The molecule has 1 aliphatic rings. The molecule has 7 nitrogen and oxygen atoms in total. The third kappa shape index (κ3) is 2.99. The van der Waals surface area contributed by atoms with Crippen LogP contribution in [0.3, 0.4) is 0 Å². The van der Waals surface area contributed by atoms with Gasteiger partial charge in [-0.15, -0.1) is 5.10 Å². The van der Waals surface area contributed by atoms with E-state index in [2.05, 4.69) is 20.8 Å². The molecule has 22 heavy (non-hydrogen) atoms. The second-order valence-electron chi connectivity index (χ2n) is 5.28. The van der Waals surface area contributed by atoms with Gasteiger partial charge in [0, 0.05) is 13.0 Å². The first-order valence-corrected chi connectivity index (χ1v) is 7.55. The van der Waals surface area contributed by atoms with Crippen molar-refractivity contribution in [2.45, 2.75) is 26.2 Å². The number of amides is 1. The van der Waals surface area contributed by atoms with Gasteiger partial charge in [0.05, 0.1) is 23.9 Å². The molecule has 0 aliphatic carbocycles. The Morgan fingerprint density at radius 3 is 3.09 bits per heavy atom. The number of aromatic nitrogens is 4. The SMILES string of the molecule is CCc1nnnn1-c1ccccc1NC(=O)C1CCCOC1.